The van der Waals surface area contributed by atoms with Crippen molar-refractivity contribution in [1.29, 1.82) is 0 Å². The molecule has 0 aromatic heterocycles. The van der Waals surface area contributed by atoms with E-state index in [1.807, 2.05) is 0 Å². The lowest BCUT2D eigenvalue weighted by Gasteiger charge is -1.66. The summed E-state index contributed by atoms with van der Waals surface area (Å²) in [5, 5.41) is 30.1. The summed E-state index contributed by atoms with van der Waals surface area (Å²) in [5.74, 6) is 3.67. The van der Waals surface area contributed by atoms with Crippen molar-refractivity contribution in [1.82, 2.24) is 0 Å². The number of carbonyl (C=O) groups is 2. The van der Waals surface area contributed by atoms with E-state index in [4.69, 9.17) is 30.0 Å². The Labute approximate surface area is 75.4 Å². The van der Waals surface area contributed by atoms with Gasteiger partial charge in [-0.1, -0.05) is 11.8 Å². The Morgan fingerprint density at radius 1 is 1.31 bits per heavy atom. The van der Waals surface area contributed by atoms with Crippen LogP contribution in [0, 0.1) is 11.8 Å². The van der Waals surface area contributed by atoms with E-state index in [9.17, 15) is 0 Å². The van der Waals surface area contributed by atoms with E-state index in [0.717, 1.165) is 6.92 Å². The molecule has 0 saturated carbocycles. The fraction of sp³-hybridized carbons (Fsp3) is 0.429. The van der Waals surface area contributed by atoms with Crippen molar-refractivity contribution in [3.8, 4) is 11.8 Å². The number of aliphatic hydroxyl groups is 2. The molecule has 6 nitrogen and oxygen atoms in total. The molecule has 4 N–H and O–H groups in total. The highest BCUT2D eigenvalue weighted by Crippen LogP contribution is 1.48. The first kappa shape index (κ1) is 17.5. The lowest BCUT2D eigenvalue weighted by Crippen LogP contribution is -1.78. The molecule has 0 fully saturated rings. The third-order valence-electron chi connectivity index (χ3n) is 0.283. The zero-order valence-electron chi connectivity index (χ0n) is 7.10. The second-order valence-corrected chi connectivity index (χ2v) is 1.29. The molecular formula is C7H12O6. The fourth-order valence-electron chi connectivity index (χ4n) is 0.112. The summed E-state index contributed by atoms with van der Waals surface area (Å²) in [5.41, 5.74) is 0. The van der Waals surface area contributed by atoms with Crippen molar-refractivity contribution in [3.05, 3.63) is 0 Å². The van der Waals surface area contributed by atoms with Crippen LogP contribution in [-0.4, -0.2) is 46.1 Å². The van der Waals surface area contributed by atoms with Gasteiger partial charge in [0, 0.05) is 6.92 Å². The van der Waals surface area contributed by atoms with Gasteiger partial charge in [0.1, 0.15) is 13.2 Å². The van der Waals surface area contributed by atoms with Crippen LogP contribution < -0.4 is 0 Å². The first-order valence-corrected chi connectivity index (χ1v) is 3.01. The van der Waals surface area contributed by atoms with Gasteiger partial charge in [0.05, 0.1) is 0 Å². The lowest BCUT2D eigenvalue weighted by molar-refractivity contribution is -0.134. The zero-order chi connectivity index (χ0) is 11.1. The summed E-state index contributed by atoms with van der Waals surface area (Å²) in [6.45, 7) is 0.501. The summed E-state index contributed by atoms with van der Waals surface area (Å²) in [6.07, 6.45) is 0. The van der Waals surface area contributed by atoms with Crippen LogP contribution in [0.5, 0.6) is 0 Å². The van der Waals surface area contributed by atoms with Crippen LogP contribution in [0.4, 0.5) is 0 Å². The van der Waals surface area contributed by atoms with Crippen molar-refractivity contribution < 1.29 is 30.0 Å². The van der Waals surface area contributed by atoms with E-state index in [1.54, 1.807) is 0 Å². The van der Waals surface area contributed by atoms with Crippen molar-refractivity contribution in [3.63, 3.8) is 0 Å². The highest BCUT2D eigenvalue weighted by atomic mass is 16.4. The highest BCUT2D eigenvalue weighted by molar-refractivity contribution is 5.62. The van der Waals surface area contributed by atoms with Gasteiger partial charge in [-0.25, -0.2) is 0 Å². The van der Waals surface area contributed by atoms with Crippen LogP contribution >= 0.6 is 0 Å². The maximum absolute atomic E-state index is 9.00. The molecule has 0 heterocycles. The molecule has 0 atom stereocenters. The number of hydrogen-bond acceptors (Lipinski definition) is 4. The third kappa shape index (κ3) is 366. The smallest absolute Gasteiger partial charge is 0.300 e. The number of carboxylic acid groups (broad SMARTS) is 2. The first-order valence-electron chi connectivity index (χ1n) is 3.01. The predicted molar refractivity (Wildman–Crippen MR) is 44.0 cm³/mol. The molecule has 6 heteroatoms. The van der Waals surface area contributed by atoms with Crippen molar-refractivity contribution in [2.24, 2.45) is 0 Å². The van der Waals surface area contributed by atoms with Crippen molar-refractivity contribution in [2.45, 2.75) is 6.92 Å². The van der Waals surface area contributed by atoms with Gasteiger partial charge in [0.2, 0.25) is 0 Å². The predicted octanol–water partition coefficient (Wildman–Crippen LogP) is -1.23. The SMILES string of the molecule is CC(=O)O.O=CO.OCC#CCO. The highest BCUT2D eigenvalue weighted by Gasteiger charge is 1.65. The average Bonchev–Trinajstić information content (AvgIpc) is 2.01. The number of carboxylic acids is 1. The zero-order valence-corrected chi connectivity index (χ0v) is 7.10. The molecule has 0 aromatic rings. The molecule has 0 radical (unpaired) electrons. The van der Waals surface area contributed by atoms with Gasteiger partial charge in [0.15, 0.2) is 0 Å². The molecule has 0 aliphatic heterocycles. The van der Waals surface area contributed by atoms with Crippen molar-refractivity contribution in [2.75, 3.05) is 13.2 Å². The van der Waals surface area contributed by atoms with E-state index >= 15 is 0 Å². The Morgan fingerprint density at radius 3 is 1.54 bits per heavy atom. The minimum Gasteiger partial charge on any atom is -0.483 e. The molecule has 0 rings (SSSR count). The third-order valence-corrected chi connectivity index (χ3v) is 0.283. The number of hydrogen-bond donors (Lipinski definition) is 4. The monoisotopic (exact) mass is 192 g/mol. The van der Waals surface area contributed by atoms with E-state index in [1.165, 1.54) is 0 Å². The van der Waals surface area contributed by atoms with Crippen LogP contribution in [0.2, 0.25) is 0 Å². The molecule has 13 heavy (non-hydrogen) atoms. The van der Waals surface area contributed by atoms with E-state index < -0.39 is 5.97 Å². The lowest BCUT2D eigenvalue weighted by atomic mass is 10.6. The summed E-state index contributed by atoms with van der Waals surface area (Å²) in [4.78, 5) is 17.4. The Kier molecular flexibility index (Phi) is 30.2. The number of rotatable bonds is 0. The minimum atomic E-state index is -0.833. The van der Waals surface area contributed by atoms with E-state index in [-0.39, 0.29) is 19.7 Å². The maximum atomic E-state index is 9.00. The number of aliphatic carboxylic acids is 1. The molecule has 0 amide bonds. The molecule has 0 spiro atoms. The van der Waals surface area contributed by atoms with Gasteiger partial charge in [-0.05, 0) is 0 Å². The van der Waals surface area contributed by atoms with Gasteiger partial charge >= 0.3 is 0 Å². The normalized spacial score (nSPS) is 5.77. The quantitative estimate of drug-likeness (QED) is 0.282. The molecule has 0 aliphatic rings. The Morgan fingerprint density at radius 2 is 1.46 bits per heavy atom. The Bertz CT molecular complexity index is 154. The van der Waals surface area contributed by atoms with Crippen LogP contribution in [0.1, 0.15) is 6.92 Å². The molecular weight excluding hydrogens is 180 g/mol. The van der Waals surface area contributed by atoms with Crippen LogP contribution in [-0.2, 0) is 9.59 Å². The summed E-state index contributed by atoms with van der Waals surface area (Å²) < 4.78 is 0. The topological polar surface area (TPSA) is 115 Å². The fourth-order valence-corrected chi connectivity index (χ4v) is 0.112. The van der Waals surface area contributed by atoms with Crippen LogP contribution in [0.3, 0.4) is 0 Å². The van der Waals surface area contributed by atoms with Gasteiger partial charge in [0.25, 0.3) is 12.4 Å². The second-order valence-electron chi connectivity index (χ2n) is 1.29. The summed E-state index contributed by atoms with van der Waals surface area (Å²) >= 11 is 0. The molecule has 0 saturated heterocycles. The molecule has 0 bridgehead atoms. The maximum Gasteiger partial charge on any atom is 0.300 e. The van der Waals surface area contributed by atoms with Crippen molar-refractivity contribution >= 4 is 12.4 Å². The van der Waals surface area contributed by atoms with Gasteiger partial charge in [-0.2, -0.15) is 0 Å². The first-order chi connectivity index (χ1) is 6.06. The average molecular weight is 192 g/mol. The van der Waals surface area contributed by atoms with Crippen LogP contribution in [0.15, 0.2) is 0 Å². The Balaban J connectivity index is -0.000000125. The Hall–Kier alpha value is -1.58. The standard InChI is InChI=1S/C4H6O2.C2H4O2.CH2O2/c5-3-1-2-4-6;1-2(3)4;2-1-3/h5-6H,3-4H2;1H3,(H,3,4);1H,(H,2,3). The molecule has 0 unspecified atom stereocenters. The van der Waals surface area contributed by atoms with Crippen LogP contribution in [0.25, 0.3) is 0 Å². The van der Waals surface area contributed by atoms with E-state index in [2.05, 4.69) is 11.8 Å². The van der Waals surface area contributed by atoms with E-state index in [0.29, 0.717) is 0 Å². The summed E-state index contributed by atoms with van der Waals surface area (Å²) in [6, 6.07) is 0. The molecule has 0 aromatic carbocycles. The minimum absolute atomic E-state index is 0.166. The second kappa shape index (κ2) is 22.4. The number of aliphatic hydroxyl groups excluding tert-OH is 2. The summed E-state index contributed by atoms with van der Waals surface area (Å²) in [7, 11) is 0. The largest absolute Gasteiger partial charge is 0.483 e. The molecule has 0 aliphatic carbocycles. The van der Waals surface area contributed by atoms with Gasteiger partial charge in [-0.3, -0.25) is 9.59 Å². The molecule has 76 valence electrons. The van der Waals surface area contributed by atoms with Gasteiger partial charge in [-0.15, -0.1) is 0 Å². The van der Waals surface area contributed by atoms with Gasteiger partial charge < -0.3 is 20.4 Å².